The fraction of sp³-hybridized carbons (Fsp3) is 1.00. The van der Waals surface area contributed by atoms with E-state index in [9.17, 15) is 5.11 Å². The van der Waals surface area contributed by atoms with Crippen LogP contribution in [0, 0.1) is 5.92 Å². The maximum absolute atomic E-state index is 9.35. The number of nitrogens with zero attached hydrogens (tertiary/aromatic N) is 2. The van der Waals surface area contributed by atoms with Crippen LogP contribution >= 0.6 is 0 Å². The number of ether oxygens (including phenoxy) is 1. The molecule has 0 unspecified atom stereocenters. The van der Waals surface area contributed by atoms with E-state index in [0.29, 0.717) is 18.6 Å². The van der Waals surface area contributed by atoms with Gasteiger partial charge in [0.1, 0.15) is 0 Å². The lowest BCUT2D eigenvalue weighted by Gasteiger charge is -2.47. The van der Waals surface area contributed by atoms with Gasteiger partial charge in [-0.05, 0) is 92.2 Å². The second kappa shape index (κ2) is 9.16. The third-order valence-corrected chi connectivity index (χ3v) is 6.78. The van der Waals surface area contributed by atoms with Crippen LogP contribution in [-0.2, 0) is 4.74 Å². The first-order chi connectivity index (χ1) is 11.8. The maximum atomic E-state index is 9.35. The highest BCUT2D eigenvalue weighted by Gasteiger charge is 2.35. The van der Waals surface area contributed by atoms with Gasteiger partial charge in [0.15, 0.2) is 0 Å². The molecule has 0 aromatic carbocycles. The van der Waals surface area contributed by atoms with Gasteiger partial charge in [-0.25, -0.2) is 0 Å². The number of aliphatic hydroxyl groups is 1. The van der Waals surface area contributed by atoms with E-state index in [0.717, 1.165) is 32.5 Å². The number of aliphatic hydroxyl groups excluding tert-OH is 1. The zero-order chi connectivity index (χ0) is 18.5. The Morgan fingerprint density at radius 2 is 1.28 bits per heavy atom. The van der Waals surface area contributed by atoms with Crippen LogP contribution in [0.1, 0.15) is 73.1 Å². The Balaban J connectivity index is 1.80. The predicted octanol–water partition coefficient (Wildman–Crippen LogP) is 3.53. The van der Waals surface area contributed by atoms with E-state index in [1.807, 2.05) is 0 Å². The van der Waals surface area contributed by atoms with E-state index >= 15 is 0 Å². The van der Waals surface area contributed by atoms with Crippen molar-refractivity contribution in [3.05, 3.63) is 0 Å². The summed E-state index contributed by atoms with van der Waals surface area (Å²) in [5.41, 5.74) is 0.513. The van der Waals surface area contributed by atoms with Crippen molar-refractivity contribution in [2.45, 2.75) is 90.3 Å². The van der Waals surface area contributed by atoms with Crippen molar-refractivity contribution in [1.29, 1.82) is 0 Å². The second-order valence-electron chi connectivity index (χ2n) is 9.38. The van der Waals surface area contributed by atoms with Gasteiger partial charge in [-0.1, -0.05) is 0 Å². The average molecular weight is 355 g/mol. The standard InChI is InChI=1S/C21H42N2O2/c1-6-25-19-9-15-23(16-10-19)21(4,5)12-11-20(2,3)22-13-7-18(17-24)8-14-22/h18-19,24H,6-17H2,1-5H3. The minimum absolute atomic E-state index is 0.251. The number of piperidine rings is 2. The molecule has 0 spiro atoms. The fourth-order valence-electron chi connectivity index (χ4n) is 4.51. The topological polar surface area (TPSA) is 35.9 Å². The monoisotopic (exact) mass is 354 g/mol. The molecular weight excluding hydrogens is 312 g/mol. The lowest BCUT2D eigenvalue weighted by molar-refractivity contribution is -0.0195. The van der Waals surface area contributed by atoms with Gasteiger partial charge in [0.2, 0.25) is 0 Å². The zero-order valence-electron chi connectivity index (χ0n) is 17.4. The molecule has 0 atom stereocenters. The van der Waals surface area contributed by atoms with Gasteiger partial charge in [-0.3, -0.25) is 9.80 Å². The quantitative estimate of drug-likeness (QED) is 0.723. The molecular formula is C21H42N2O2. The predicted molar refractivity (Wildman–Crippen MR) is 105 cm³/mol. The van der Waals surface area contributed by atoms with Crippen LogP contribution in [0.3, 0.4) is 0 Å². The van der Waals surface area contributed by atoms with Crippen LogP contribution in [0.5, 0.6) is 0 Å². The molecule has 148 valence electrons. The third kappa shape index (κ3) is 5.92. The number of hydrogen-bond acceptors (Lipinski definition) is 4. The van der Waals surface area contributed by atoms with Gasteiger partial charge in [-0.2, -0.15) is 0 Å². The summed E-state index contributed by atoms with van der Waals surface area (Å²) in [6.45, 7) is 17.6. The van der Waals surface area contributed by atoms with Crippen LogP contribution in [0.4, 0.5) is 0 Å². The van der Waals surface area contributed by atoms with E-state index in [-0.39, 0.29) is 11.1 Å². The highest BCUT2D eigenvalue weighted by Crippen LogP contribution is 2.32. The molecule has 2 aliphatic heterocycles. The Labute approximate surface area is 155 Å². The van der Waals surface area contributed by atoms with Gasteiger partial charge in [0.05, 0.1) is 6.10 Å². The molecule has 2 aliphatic rings. The van der Waals surface area contributed by atoms with Gasteiger partial charge in [0, 0.05) is 37.4 Å². The summed E-state index contributed by atoms with van der Waals surface area (Å²) in [6, 6.07) is 0. The van der Waals surface area contributed by atoms with Crippen LogP contribution in [-0.4, -0.2) is 71.5 Å². The van der Waals surface area contributed by atoms with E-state index in [1.54, 1.807) is 0 Å². The Bertz CT molecular complexity index is 381. The number of hydrogen-bond donors (Lipinski definition) is 1. The Hall–Kier alpha value is -0.160. The zero-order valence-corrected chi connectivity index (χ0v) is 17.4. The van der Waals surface area contributed by atoms with Crippen molar-refractivity contribution in [3.63, 3.8) is 0 Å². The number of likely N-dealkylation sites (tertiary alicyclic amines) is 2. The molecule has 0 aromatic rings. The first-order valence-corrected chi connectivity index (χ1v) is 10.5. The summed E-state index contributed by atoms with van der Waals surface area (Å²) in [7, 11) is 0. The number of rotatable bonds is 8. The van der Waals surface area contributed by atoms with Crippen molar-refractivity contribution in [1.82, 2.24) is 9.80 Å². The van der Waals surface area contributed by atoms with Gasteiger partial charge in [0.25, 0.3) is 0 Å². The van der Waals surface area contributed by atoms with Crippen LogP contribution in [0.15, 0.2) is 0 Å². The SMILES string of the molecule is CCOC1CCN(C(C)(C)CCC(C)(C)N2CCC(CO)CC2)CC1. The Kier molecular flexibility index (Phi) is 7.75. The third-order valence-electron chi connectivity index (χ3n) is 6.78. The Morgan fingerprint density at radius 1 is 0.840 bits per heavy atom. The molecule has 0 aromatic heterocycles. The second-order valence-corrected chi connectivity index (χ2v) is 9.38. The van der Waals surface area contributed by atoms with Crippen molar-refractivity contribution in [2.75, 3.05) is 39.4 Å². The molecule has 1 N–H and O–H groups in total. The molecule has 2 heterocycles. The first-order valence-electron chi connectivity index (χ1n) is 10.5. The fourth-order valence-corrected chi connectivity index (χ4v) is 4.51. The molecule has 0 bridgehead atoms. The highest BCUT2D eigenvalue weighted by molar-refractivity contribution is 4.91. The van der Waals surface area contributed by atoms with Crippen LogP contribution in [0.2, 0.25) is 0 Å². The first kappa shape index (κ1) is 21.1. The highest BCUT2D eigenvalue weighted by atomic mass is 16.5. The molecule has 2 saturated heterocycles. The molecule has 0 radical (unpaired) electrons. The van der Waals surface area contributed by atoms with Crippen molar-refractivity contribution in [3.8, 4) is 0 Å². The Morgan fingerprint density at radius 3 is 1.68 bits per heavy atom. The van der Waals surface area contributed by atoms with Crippen molar-refractivity contribution in [2.24, 2.45) is 5.92 Å². The minimum atomic E-state index is 0.251. The van der Waals surface area contributed by atoms with Crippen molar-refractivity contribution < 1.29 is 9.84 Å². The average Bonchev–Trinajstić information content (AvgIpc) is 2.61. The van der Waals surface area contributed by atoms with E-state index < -0.39 is 0 Å². The van der Waals surface area contributed by atoms with Gasteiger partial charge < -0.3 is 9.84 Å². The molecule has 0 saturated carbocycles. The summed E-state index contributed by atoms with van der Waals surface area (Å²) >= 11 is 0. The van der Waals surface area contributed by atoms with E-state index in [2.05, 4.69) is 44.4 Å². The minimum Gasteiger partial charge on any atom is -0.396 e. The molecule has 0 amide bonds. The molecule has 4 heteroatoms. The normalized spacial score (nSPS) is 23.3. The molecule has 4 nitrogen and oxygen atoms in total. The van der Waals surface area contributed by atoms with Crippen LogP contribution < -0.4 is 0 Å². The summed E-state index contributed by atoms with van der Waals surface area (Å²) in [4.78, 5) is 5.33. The smallest absolute Gasteiger partial charge is 0.0599 e. The van der Waals surface area contributed by atoms with Gasteiger partial charge in [-0.15, -0.1) is 0 Å². The largest absolute Gasteiger partial charge is 0.396 e. The summed E-state index contributed by atoms with van der Waals surface area (Å²) in [5.74, 6) is 0.523. The van der Waals surface area contributed by atoms with E-state index in [4.69, 9.17) is 4.74 Å². The molecule has 0 aliphatic carbocycles. The lowest BCUT2D eigenvalue weighted by atomic mass is 9.84. The molecule has 25 heavy (non-hydrogen) atoms. The summed E-state index contributed by atoms with van der Waals surface area (Å²) in [5, 5.41) is 9.35. The molecule has 2 rings (SSSR count). The van der Waals surface area contributed by atoms with Crippen LogP contribution in [0.25, 0.3) is 0 Å². The maximum Gasteiger partial charge on any atom is 0.0599 e. The van der Waals surface area contributed by atoms with Crippen molar-refractivity contribution >= 4 is 0 Å². The van der Waals surface area contributed by atoms with Gasteiger partial charge >= 0.3 is 0 Å². The van der Waals surface area contributed by atoms with E-state index in [1.165, 1.54) is 38.8 Å². The summed E-state index contributed by atoms with van der Waals surface area (Å²) in [6.07, 6.45) is 7.59. The lowest BCUT2D eigenvalue weighted by Crippen LogP contribution is -2.52. The summed E-state index contributed by atoms with van der Waals surface area (Å²) < 4.78 is 5.80. The molecule has 2 fully saturated rings.